The van der Waals surface area contributed by atoms with Gasteiger partial charge < -0.3 is 18.9 Å². The molecule has 8 nitrogen and oxygen atoms in total. The molecule has 4 saturated carbocycles. The maximum absolute atomic E-state index is 12.5. The van der Waals surface area contributed by atoms with Crippen LogP contribution in [-0.2, 0) is 38.1 Å². The number of rotatable bonds is 4. The van der Waals surface area contributed by atoms with E-state index in [9.17, 15) is 19.2 Å². The highest BCUT2D eigenvalue weighted by molar-refractivity contribution is 9.12. The number of Topliss-reactive ketones (excluding diaryl/α,β-unsaturated/α-hetero) is 4. The molecular formula is C60H52Br4O8. The number of ether oxygens (including phenoxy) is 4. The third-order valence-corrected chi connectivity index (χ3v) is 21.3. The van der Waals surface area contributed by atoms with Crippen LogP contribution in [0, 0.1) is 47.3 Å². The molecule has 16 aliphatic rings. The average Bonchev–Trinajstić information content (AvgIpc) is 4.19. The van der Waals surface area contributed by atoms with Crippen molar-refractivity contribution < 1.29 is 38.1 Å². The van der Waals surface area contributed by atoms with E-state index in [2.05, 4.69) is 161 Å². The smallest absolute Gasteiger partial charge is 0.175 e. The van der Waals surface area contributed by atoms with Gasteiger partial charge in [0.25, 0.3) is 0 Å². The van der Waals surface area contributed by atoms with Crippen molar-refractivity contribution in [1.82, 2.24) is 0 Å². The molecule has 8 bridgehead atoms. The molecule has 4 aromatic rings. The van der Waals surface area contributed by atoms with Gasteiger partial charge in [0.2, 0.25) is 0 Å². The minimum absolute atomic E-state index is 0.0192. The van der Waals surface area contributed by atoms with Crippen LogP contribution in [0.1, 0.15) is 71.6 Å². The van der Waals surface area contributed by atoms with Gasteiger partial charge in [-0.25, -0.2) is 0 Å². The molecule has 0 N–H and O–H groups in total. The zero-order valence-electron chi connectivity index (χ0n) is 39.2. The van der Waals surface area contributed by atoms with Crippen LogP contribution < -0.4 is 0 Å². The Morgan fingerprint density at radius 2 is 0.639 bits per heavy atom. The predicted octanol–water partition coefficient (Wildman–Crippen LogP) is 12.1. The third kappa shape index (κ3) is 7.64. The first-order valence-electron chi connectivity index (χ1n) is 25.3. The van der Waals surface area contributed by atoms with Gasteiger partial charge in [0.1, 0.15) is 0 Å². The zero-order valence-corrected chi connectivity index (χ0v) is 45.6. The van der Waals surface area contributed by atoms with Crippen LogP contribution in [0.5, 0.6) is 0 Å². The molecule has 20 rings (SSSR count). The van der Waals surface area contributed by atoms with Crippen LogP contribution in [0.2, 0.25) is 0 Å². The maximum Gasteiger partial charge on any atom is 0.175 e. The van der Waals surface area contributed by atoms with Crippen molar-refractivity contribution in [3.63, 3.8) is 0 Å². The fourth-order valence-electron chi connectivity index (χ4n) is 14.2. The summed E-state index contributed by atoms with van der Waals surface area (Å²) in [6.07, 6.45) is 12.2. The van der Waals surface area contributed by atoms with Crippen LogP contribution in [0.25, 0.3) is 0 Å². The summed E-state index contributed by atoms with van der Waals surface area (Å²) >= 11 is 14.5. The topological polar surface area (TPSA) is 118 Å². The lowest BCUT2D eigenvalue weighted by Crippen LogP contribution is -2.49. The third-order valence-electron chi connectivity index (χ3n) is 18.1. The number of ketones is 4. The molecule has 4 spiro atoms. The van der Waals surface area contributed by atoms with Crippen molar-refractivity contribution in [3.05, 3.63) is 186 Å². The fraction of sp³-hybridized carbons (Fsp3) is 0.400. The lowest BCUT2D eigenvalue weighted by molar-refractivity contribution is -0.133. The van der Waals surface area contributed by atoms with Gasteiger partial charge in [0, 0.05) is 47.3 Å². The Labute approximate surface area is 453 Å². The van der Waals surface area contributed by atoms with Gasteiger partial charge in [-0.15, -0.1) is 0 Å². The summed E-state index contributed by atoms with van der Waals surface area (Å²) in [5.41, 5.74) is 3.24. The van der Waals surface area contributed by atoms with Crippen LogP contribution >= 0.6 is 63.7 Å². The Bertz CT molecular complexity index is 2790. The summed E-state index contributed by atoms with van der Waals surface area (Å²) in [4.78, 5) is 49.6. The van der Waals surface area contributed by atoms with Gasteiger partial charge in [-0.1, -0.05) is 209 Å². The van der Waals surface area contributed by atoms with E-state index in [1.54, 1.807) is 0 Å². The first-order chi connectivity index (χ1) is 34.9. The Kier molecular flexibility index (Phi) is 12.0. The maximum atomic E-state index is 12.5. The van der Waals surface area contributed by atoms with Gasteiger partial charge in [-0.2, -0.15) is 0 Å². The highest BCUT2D eigenvalue weighted by Gasteiger charge is 2.70. The second kappa shape index (κ2) is 18.0. The molecule has 16 atom stereocenters. The second-order valence-corrected chi connectivity index (χ2v) is 25.4. The summed E-state index contributed by atoms with van der Waals surface area (Å²) in [6.45, 7) is 2.41. The van der Waals surface area contributed by atoms with Crippen molar-refractivity contribution in [2.45, 2.75) is 71.8 Å². The quantitative estimate of drug-likeness (QED) is 0.185. The largest absolute Gasteiger partial charge is 0.361 e. The standard InChI is InChI=1S/4C15H13BrO2/c2*16-13-7-11-10(9-4-2-1-3-5-9)6-12(13)15(8-18-15)14(11)17;2*16-12-7-10-6-11(9-4-2-1-3-5-9)13(12)15(8-18-15)14(10)17/h2*1-5,7,10-12H,6,8H2;2*1-5,7,10-11,13H,6,8H2/t2*10?,11?,12?,15-;2*10?,11?,13?,15-/m1010/s1. The van der Waals surface area contributed by atoms with Gasteiger partial charge in [0.15, 0.2) is 45.5 Å². The van der Waals surface area contributed by atoms with E-state index in [1.807, 2.05) is 48.5 Å². The molecule has 4 aromatic carbocycles. The van der Waals surface area contributed by atoms with E-state index in [1.165, 1.54) is 22.3 Å². The number of fused-ring (bicyclic) bond motifs is 4. The summed E-state index contributed by atoms with van der Waals surface area (Å²) in [5.74, 6) is 3.41. The number of carbonyl (C=O) groups is 4. The summed E-state index contributed by atoms with van der Waals surface area (Å²) in [5, 5.41) is 0. The molecule has 4 aliphatic heterocycles. The number of hydrogen-bond donors (Lipinski definition) is 0. The van der Waals surface area contributed by atoms with E-state index in [0.717, 1.165) is 43.6 Å². The highest BCUT2D eigenvalue weighted by atomic mass is 79.9. The Morgan fingerprint density at radius 3 is 0.931 bits per heavy atom. The minimum atomic E-state index is -0.503. The summed E-state index contributed by atoms with van der Waals surface area (Å²) in [6, 6.07) is 41.7. The van der Waals surface area contributed by atoms with E-state index in [-0.39, 0.29) is 58.9 Å². The fourth-order valence-corrected chi connectivity index (χ4v) is 17.9. The number of allylic oxidation sites excluding steroid dienone is 4. The molecule has 0 radical (unpaired) electrons. The molecule has 4 saturated heterocycles. The van der Waals surface area contributed by atoms with Crippen molar-refractivity contribution in [2.75, 3.05) is 26.4 Å². The molecule has 12 heteroatoms. The molecule has 8 fully saturated rings. The molecule has 0 amide bonds. The average molecular weight is 1220 g/mol. The van der Waals surface area contributed by atoms with Crippen LogP contribution in [-0.4, -0.2) is 72.0 Å². The van der Waals surface area contributed by atoms with Crippen molar-refractivity contribution in [1.29, 1.82) is 0 Å². The number of halogens is 4. The predicted molar refractivity (Wildman–Crippen MR) is 286 cm³/mol. The van der Waals surface area contributed by atoms with Crippen LogP contribution in [0.4, 0.5) is 0 Å². The normalized spacial score (nSPS) is 41.1. The summed E-state index contributed by atoms with van der Waals surface area (Å²) < 4.78 is 26.8. The van der Waals surface area contributed by atoms with Crippen LogP contribution in [0.15, 0.2) is 164 Å². The monoisotopic (exact) mass is 1220 g/mol. The molecule has 12 unspecified atom stereocenters. The van der Waals surface area contributed by atoms with Crippen molar-refractivity contribution in [3.8, 4) is 0 Å². The summed E-state index contributed by atoms with van der Waals surface area (Å²) in [7, 11) is 0. The molecule has 4 heterocycles. The lowest BCUT2D eigenvalue weighted by Gasteiger charge is -2.43. The van der Waals surface area contributed by atoms with E-state index >= 15 is 0 Å². The first-order valence-corrected chi connectivity index (χ1v) is 28.5. The number of benzene rings is 4. The van der Waals surface area contributed by atoms with Gasteiger partial charge >= 0.3 is 0 Å². The second-order valence-electron chi connectivity index (χ2n) is 21.7. The molecule has 368 valence electrons. The number of epoxide rings is 4. The molecule has 72 heavy (non-hydrogen) atoms. The Morgan fingerprint density at radius 1 is 0.347 bits per heavy atom. The number of hydrogen-bond acceptors (Lipinski definition) is 8. The zero-order chi connectivity index (χ0) is 49.3. The Hall–Kier alpha value is -3.72. The van der Waals surface area contributed by atoms with Crippen molar-refractivity contribution in [2.24, 2.45) is 47.3 Å². The van der Waals surface area contributed by atoms with Gasteiger partial charge in [0.05, 0.1) is 26.4 Å². The lowest BCUT2D eigenvalue weighted by atomic mass is 9.60. The van der Waals surface area contributed by atoms with Gasteiger partial charge in [-0.3, -0.25) is 19.2 Å². The number of carbonyl (C=O) groups excluding carboxylic acids is 4. The SMILES string of the molecule is O=C1C2C=C(Br)C(C(c3ccccc3)C2)[C@@]12CO2.O=C1C2C=C(Br)C(C(c3ccccc3)C2)[C@]12CO2.O=C1C2C=C(Br)C(CC2c2ccccc2)[C@@]12CO2.O=C1C2C=C(Br)C(CC2c2ccccc2)[C@]12CO2. The molecule has 0 aromatic heterocycles. The highest BCUT2D eigenvalue weighted by Crippen LogP contribution is 2.63. The molecule has 12 aliphatic carbocycles. The first kappa shape index (κ1) is 48.0. The minimum Gasteiger partial charge on any atom is -0.361 e. The molecular weight excluding hydrogens is 1170 g/mol. The van der Waals surface area contributed by atoms with E-state index < -0.39 is 22.4 Å². The van der Waals surface area contributed by atoms with E-state index in [4.69, 9.17) is 18.9 Å². The van der Waals surface area contributed by atoms with Gasteiger partial charge in [-0.05, 0) is 89.5 Å². The Balaban J connectivity index is 0.0000000933. The van der Waals surface area contributed by atoms with Crippen LogP contribution in [0.3, 0.4) is 0 Å². The van der Waals surface area contributed by atoms with E-state index in [0.29, 0.717) is 61.7 Å². The van der Waals surface area contributed by atoms with Crippen molar-refractivity contribution >= 4 is 86.9 Å².